The maximum atomic E-state index is 13.5. The van der Waals surface area contributed by atoms with Crippen molar-refractivity contribution in [2.45, 2.75) is 59.0 Å². The van der Waals surface area contributed by atoms with Gasteiger partial charge >= 0.3 is 6.01 Å². The Hall–Kier alpha value is -7.14. The average molecular weight is 896 g/mol. The second-order valence-corrected chi connectivity index (χ2v) is 17.6. The summed E-state index contributed by atoms with van der Waals surface area (Å²) in [5, 5.41) is 55.8. The molecule has 5 heterocycles. The third-order valence-electron chi connectivity index (χ3n) is 13.0. The van der Waals surface area contributed by atoms with E-state index in [0.717, 1.165) is 65.2 Å². The second-order valence-electron chi connectivity index (χ2n) is 17.6. The fourth-order valence-electron chi connectivity index (χ4n) is 9.41. The number of benzene rings is 4. The van der Waals surface area contributed by atoms with Crippen molar-refractivity contribution in [1.82, 2.24) is 39.4 Å². The highest BCUT2D eigenvalue weighted by Crippen LogP contribution is 2.40. The van der Waals surface area contributed by atoms with Gasteiger partial charge in [0.1, 0.15) is 23.1 Å². The van der Waals surface area contributed by atoms with E-state index < -0.39 is 0 Å². The van der Waals surface area contributed by atoms with Crippen molar-refractivity contribution in [2.24, 2.45) is 0 Å². The Bertz CT molecular complexity index is 2740. The number of amides is 2. The monoisotopic (exact) mass is 895 g/mol. The first-order chi connectivity index (χ1) is 31.9. The van der Waals surface area contributed by atoms with Crippen LogP contribution >= 0.6 is 0 Å². The average Bonchev–Trinajstić information content (AvgIpc) is 3.71. The van der Waals surface area contributed by atoms with Gasteiger partial charge in [0, 0.05) is 114 Å². The number of piperazine rings is 2. The lowest BCUT2D eigenvalue weighted by Gasteiger charge is -2.38. The van der Waals surface area contributed by atoms with Crippen LogP contribution in [-0.4, -0.2) is 137 Å². The van der Waals surface area contributed by atoms with Gasteiger partial charge in [0.05, 0.1) is 23.5 Å². The fraction of sp³-hybridized carbons (Fsp3) is 0.388. The number of nitrogens with zero attached hydrogens (tertiary/aromatic N) is 10. The quantitative estimate of drug-likeness (QED) is 0.102. The van der Waals surface area contributed by atoms with Crippen LogP contribution in [-0.2, 0) is 29.1 Å². The molecule has 4 aromatic carbocycles. The maximum absolute atomic E-state index is 13.5. The molecule has 6 aromatic rings. The van der Waals surface area contributed by atoms with E-state index in [1.54, 1.807) is 12.1 Å². The molecule has 0 radical (unpaired) electrons. The Morgan fingerprint density at radius 1 is 0.758 bits per heavy atom. The predicted octanol–water partition coefficient (Wildman–Crippen LogP) is 5.59. The largest absolute Gasteiger partial charge is 0.508 e. The smallest absolute Gasteiger partial charge is 0.319 e. The molecule has 17 nitrogen and oxygen atoms in total. The zero-order chi connectivity index (χ0) is 46.1. The Kier molecular flexibility index (Phi) is 12.5. The fourth-order valence-corrected chi connectivity index (χ4v) is 9.41. The van der Waals surface area contributed by atoms with E-state index in [1.165, 1.54) is 10.6 Å². The van der Waals surface area contributed by atoms with Crippen LogP contribution in [0, 0.1) is 0 Å². The van der Waals surface area contributed by atoms with Crippen molar-refractivity contribution >= 4 is 40.0 Å². The molecule has 9 rings (SSSR count). The number of aromatic nitrogens is 5. The van der Waals surface area contributed by atoms with Gasteiger partial charge in [0.2, 0.25) is 17.8 Å². The Morgan fingerprint density at radius 3 is 2.23 bits per heavy atom. The molecule has 2 amide bonds. The zero-order valence-electron chi connectivity index (χ0n) is 37.7. The molecule has 0 spiro atoms. The van der Waals surface area contributed by atoms with Crippen LogP contribution in [0.2, 0.25) is 0 Å². The number of nitrogens with one attached hydrogen (secondary N) is 1. The third-order valence-corrected chi connectivity index (χ3v) is 13.0. The lowest BCUT2D eigenvalue weighted by molar-refractivity contribution is -0.133. The van der Waals surface area contributed by atoms with Crippen molar-refractivity contribution in [1.29, 1.82) is 0 Å². The first-order valence-corrected chi connectivity index (χ1v) is 22.9. The predicted molar refractivity (Wildman–Crippen MR) is 252 cm³/mol. The van der Waals surface area contributed by atoms with Crippen molar-refractivity contribution in [2.75, 3.05) is 80.6 Å². The van der Waals surface area contributed by atoms with E-state index in [1.807, 2.05) is 79.1 Å². The van der Waals surface area contributed by atoms with E-state index in [4.69, 9.17) is 9.97 Å². The normalized spacial score (nSPS) is 15.7. The van der Waals surface area contributed by atoms with Gasteiger partial charge in [0.25, 0.3) is 0 Å². The first kappa shape index (κ1) is 44.1. The maximum Gasteiger partial charge on any atom is 0.319 e. The van der Waals surface area contributed by atoms with Gasteiger partial charge in [-0.25, -0.2) is 9.55 Å². The minimum absolute atomic E-state index is 0.00638. The number of carbonyl (C=O) groups is 2. The lowest BCUT2D eigenvalue weighted by Crippen LogP contribution is -2.49. The molecule has 5 N–H and O–H groups in total. The van der Waals surface area contributed by atoms with Gasteiger partial charge in [-0.15, -0.1) is 5.10 Å². The van der Waals surface area contributed by atoms with Crippen LogP contribution in [0.5, 0.6) is 23.3 Å². The van der Waals surface area contributed by atoms with Gasteiger partial charge in [-0.1, -0.05) is 62.3 Å². The molecule has 2 saturated heterocycles. The standard InChI is InChI=1S/C49H57N11O6/c1-4-44(64)56-21-23-58(24-22-56)46-37-14-16-59(41-26-35(61)25-33-7-5-6-8-36(33)41)30-40(37)51-48(52-46)50-15-13-45(65)57-19-17-55(18-20-57)29-32-9-11-34(12-10-32)60-47(53-54-49(60)66)39-27-38(31(2)3)42(62)28-43(39)63/h5-12,25-28,31,61-63H,4,13-24,29-30H2,1-3H3,(H,54,66)(H,50,51,52). The van der Waals surface area contributed by atoms with Crippen LogP contribution in [0.15, 0.2) is 72.8 Å². The van der Waals surface area contributed by atoms with E-state index in [-0.39, 0.29) is 53.2 Å². The number of phenolic OH excluding ortho intramolecular Hbond substituents is 3. The minimum Gasteiger partial charge on any atom is -0.508 e. The molecule has 0 aliphatic carbocycles. The molecule has 17 heteroatoms. The van der Waals surface area contributed by atoms with Crippen LogP contribution in [0.4, 0.5) is 17.5 Å². The number of phenols is 3. The first-order valence-electron chi connectivity index (χ1n) is 22.9. The van der Waals surface area contributed by atoms with Crippen LogP contribution in [0.1, 0.15) is 61.9 Å². The molecule has 3 aliphatic rings. The summed E-state index contributed by atoms with van der Waals surface area (Å²) in [4.78, 5) is 46.8. The van der Waals surface area contributed by atoms with Crippen LogP contribution in [0.3, 0.4) is 0 Å². The number of fused-ring (bicyclic) bond motifs is 2. The van der Waals surface area contributed by atoms with Gasteiger partial charge in [0.15, 0.2) is 5.82 Å². The summed E-state index contributed by atoms with van der Waals surface area (Å²) >= 11 is 0. The van der Waals surface area contributed by atoms with Gasteiger partial charge in [-0.2, -0.15) is 4.98 Å². The molecule has 0 atom stereocenters. The second kappa shape index (κ2) is 18.8. The number of anilines is 3. The highest BCUT2D eigenvalue weighted by Gasteiger charge is 2.30. The summed E-state index contributed by atoms with van der Waals surface area (Å²) in [6.07, 6.45) is 1.49. The highest BCUT2D eigenvalue weighted by molar-refractivity contribution is 5.95. The molecular formula is C49H57N11O6. The number of hydrogen-bond donors (Lipinski definition) is 5. The van der Waals surface area contributed by atoms with Crippen LogP contribution in [0.25, 0.3) is 27.8 Å². The molecule has 3 aliphatic heterocycles. The lowest BCUT2D eigenvalue weighted by atomic mass is 9.98. The van der Waals surface area contributed by atoms with Gasteiger partial charge < -0.3 is 45.3 Å². The van der Waals surface area contributed by atoms with Crippen LogP contribution < -0.4 is 15.1 Å². The van der Waals surface area contributed by atoms with Crippen molar-refractivity contribution in [3.63, 3.8) is 0 Å². The summed E-state index contributed by atoms with van der Waals surface area (Å²) in [7, 11) is 0. The molecule has 0 bridgehead atoms. The van der Waals surface area contributed by atoms with Crippen molar-refractivity contribution in [3.8, 4) is 40.3 Å². The summed E-state index contributed by atoms with van der Waals surface area (Å²) < 4.78 is 1.46. The summed E-state index contributed by atoms with van der Waals surface area (Å²) in [5.74, 6) is 1.84. The number of aromatic hydroxyl groups is 4. The van der Waals surface area contributed by atoms with E-state index in [9.17, 15) is 30.0 Å². The molecule has 66 heavy (non-hydrogen) atoms. The van der Waals surface area contributed by atoms with Gasteiger partial charge in [-0.3, -0.25) is 14.5 Å². The Labute approximate surface area is 383 Å². The molecule has 0 saturated carbocycles. The summed E-state index contributed by atoms with van der Waals surface area (Å²) in [5.41, 5.74) is 5.61. The Morgan fingerprint density at radius 2 is 1.48 bits per heavy atom. The summed E-state index contributed by atoms with van der Waals surface area (Å²) in [6, 6.07) is 22.0. The van der Waals surface area contributed by atoms with Crippen molar-refractivity contribution < 1.29 is 30.0 Å². The Balaban J connectivity index is 0.823. The third kappa shape index (κ3) is 9.07. The van der Waals surface area contributed by atoms with Crippen molar-refractivity contribution in [3.05, 3.63) is 95.2 Å². The molecule has 2 fully saturated rings. The molecule has 0 unspecified atom stereocenters. The highest BCUT2D eigenvalue weighted by atomic mass is 16.3. The van der Waals surface area contributed by atoms with E-state index in [0.29, 0.717) is 88.1 Å². The SMILES string of the molecule is CCC(=O)N1CCN(c2nc(NCCC(=O)N3CCN(Cc4ccc(-n5c(O)nnc5-c5cc(C(C)C)c(O)cc5O)cc4)CC3)nc3c2CCN(c2cc(O)cc4ccccc24)C3)CC1. The van der Waals surface area contributed by atoms with E-state index in [2.05, 4.69) is 36.3 Å². The minimum atomic E-state index is -0.324. The molecule has 344 valence electrons. The molecule has 2 aromatic heterocycles. The van der Waals surface area contributed by atoms with E-state index >= 15 is 0 Å². The number of hydrogen-bond acceptors (Lipinski definition) is 14. The molecular weight excluding hydrogens is 839 g/mol. The van der Waals surface area contributed by atoms with Gasteiger partial charge in [-0.05, 0) is 53.1 Å². The summed E-state index contributed by atoms with van der Waals surface area (Å²) in [6.45, 7) is 13.4. The number of carbonyl (C=O) groups excluding carboxylic acids is 2. The zero-order valence-corrected chi connectivity index (χ0v) is 37.7. The topological polar surface area (TPSA) is 200 Å². The number of rotatable bonds is 12.